The summed E-state index contributed by atoms with van der Waals surface area (Å²) >= 11 is 0. The van der Waals surface area contributed by atoms with E-state index in [4.69, 9.17) is 0 Å². The van der Waals surface area contributed by atoms with Gasteiger partial charge in [-0.05, 0) is 51.9 Å². The molecule has 1 aliphatic carbocycles. The van der Waals surface area contributed by atoms with Crippen LogP contribution in [0, 0.1) is 13.8 Å². The van der Waals surface area contributed by atoms with Crippen LogP contribution in [0.15, 0.2) is 18.2 Å². The molecule has 2 nitrogen and oxygen atoms in total. The van der Waals surface area contributed by atoms with Crippen LogP contribution < -0.4 is 5.32 Å². The van der Waals surface area contributed by atoms with E-state index in [2.05, 4.69) is 56.4 Å². The first kappa shape index (κ1) is 12.6. The van der Waals surface area contributed by atoms with Gasteiger partial charge in [0.25, 0.3) is 0 Å². The van der Waals surface area contributed by atoms with Crippen LogP contribution in [0.25, 0.3) is 0 Å². The van der Waals surface area contributed by atoms with E-state index in [1.54, 1.807) is 0 Å². The molecule has 0 bridgehead atoms. The molecule has 0 heterocycles. The van der Waals surface area contributed by atoms with E-state index in [0.29, 0.717) is 6.04 Å². The number of aryl methyl sites for hydroxylation is 2. The fraction of sp³-hybridized carbons (Fsp3) is 0.600. The second kappa shape index (κ2) is 5.19. The van der Waals surface area contributed by atoms with Gasteiger partial charge in [0.1, 0.15) is 0 Å². The summed E-state index contributed by atoms with van der Waals surface area (Å²) < 4.78 is 0. The average molecular weight is 232 g/mol. The SMILES string of the molecule is CNC(CN(C)C1CC1)c1ccc(C)cc1C. The summed E-state index contributed by atoms with van der Waals surface area (Å²) in [4.78, 5) is 2.49. The van der Waals surface area contributed by atoms with Gasteiger partial charge in [-0.15, -0.1) is 0 Å². The van der Waals surface area contributed by atoms with E-state index < -0.39 is 0 Å². The van der Waals surface area contributed by atoms with Gasteiger partial charge in [-0.3, -0.25) is 0 Å². The fourth-order valence-corrected chi connectivity index (χ4v) is 2.51. The van der Waals surface area contributed by atoms with Crippen LogP contribution in [-0.2, 0) is 0 Å². The Kier molecular flexibility index (Phi) is 3.85. The van der Waals surface area contributed by atoms with E-state index in [-0.39, 0.29) is 0 Å². The van der Waals surface area contributed by atoms with Crippen LogP contribution in [0.5, 0.6) is 0 Å². The normalized spacial score (nSPS) is 17.5. The zero-order chi connectivity index (χ0) is 12.4. The number of rotatable bonds is 5. The molecule has 1 fully saturated rings. The highest BCUT2D eigenvalue weighted by Crippen LogP contribution is 2.28. The molecule has 0 spiro atoms. The van der Waals surface area contributed by atoms with Crippen molar-refractivity contribution in [3.05, 3.63) is 34.9 Å². The van der Waals surface area contributed by atoms with Gasteiger partial charge in [-0.25, -0.2) is 0 Å². The third-order valence-electron chi connectivity index (χ3n) is 3.79. The third kappa shape index (κ3) is 3.08. The predicted octanol–water partition coefficient (Wildman–Crippen LogP) is 2.66. The maximum absolute atomic E-state index is 3.45. The molecular formula is C15H24N2. The van der Waals surface area contributed by atoms with Crippen molar-refractivity contribution in [1.82, 2.24) is 10.2 Å². The van der Waals surface area contributed by atoms with Gasteiger partial charge in [0.15, 0.2) is 0 Å². The van der Waals surface area contributed by atoms with Gasteiger partial charge in [0, 0.05) is 18.6 Å². The van der Waals surface area contributed by atoms with Gasteiger partial charge >= 0.3 is 0 Å². The summed E-state index contributed by atoms with van der Waals surface area (Å²) in [6.07, 6.45) is 2.75. The molecule has 1 aromatic carbocycles. The Balaban J connectivity index is 2.10. The first-order chi connectivity index (χ1) is 8.11. The van der Waals surface area contributed by atoms with Crippen LogP contribution >= 0.6 is 0 Å². The molecular weight excluding hydrogens is 208 g/mol. The van der Waals surface area contributed by atoms with Gasteiger partial charge in [0.05, 0.1) is 0 Å². The highest BCUT2D eigenvalue weighted by atomic mass is 15.2. The molecule has 17 heavy (non-hydrogen) atoms. The lowest BCUT2D eigenvalue weighted by Crippen LogP contribution is -2.33. The predicted molar refractivity (Wildman–Crippen MR) is 73.4 cm³/mol. The Morgan fingerprint density at radius 3 is 2.59 bits per heavy atom. The smallest absolute Gasteiger partial charge is 0.0449 e. The average Bonchev–Trinajstić information content (AvgIpc) is 3.10. The minimum absolute atomic E-state index is 0.446. The Morgan fingerprint density at radius 1 is 1.35 bits per heavy atom. The van der Waals surface area contributed by atoms with Crippen LogP contribution in [0.2, 0.25) is 0 Å². The molecule has 1 aliphatic rings. The lowest BCUT2D eigenvalue weighted by atomic mass is 9.99. The van der Waals surface area contributed by atoms with E-state index in [1.165, 1.54) is 29.5 Å². The summed E-state index contributed by atoms with van der Waals surface area (Å²) in [6, 6.07) is 8.03. The van der Waals surface area contributed by atoms with E-state index in [1.807, 2.05) is 0 Å². The topological polar surface area (TPSA) is 15.3 Å². The molecule has 1 unspecified atom stereocenters. The molecule has 2 heteroatoms. The summed E-state index contributed by atoms with van der Waals surface area (Å²) in [5.41, 5.74) is 4.18. The zero-order valence-electron chi connectivity index (χ0n) is 11.5. The van der Waals surface area contributed by atoms with Crippen molar-refractivity contribution in [3.8, 4) is 0 Å². The first-order valence-electron chi connectivity index (χ1n) is 6.56. The first-order valence-corrected chi connectivity index (χ1v) is 6.56. The van der Waals surface area contributed by atoms with Crippen molar-refractivity contribution in [1.29, 1.82) is 0 Å². The lowest BCUT2D eigenvalue weighted by Gasteiger charge is -2.25. The summed E-state index contributed by atoms with van der Waals surface area (Å²) in [5.74, 6) is 0. The standard InChI is InChI=1S/C15H24N2/c1-11-5-8-14(12(2)9-11)15(16-3)10-17(4)13-6-7-13/h5,8-9,13,15-16H,6-7,10H2,1-4H3. The fourth-order valence-electron chi connectivity index (χ4n) is 2.51. The van der Waals surface area contributed by atoms with Gasteiger partial charge in [-0.2, -0.15) is 0 Å². The summed E-state index contributed by atoms with van der Waals surface area (Å²) in [5, 5.41) is 3.45. The molecule has 0 aromatic heterocycles. The monoisotopic (exact) mass is 232 g/mol. The van der Waals surface area contributed by atoms with E-state index in [0.717, 1.165) is 12.6 Å². The number of hydrogen-bond donors (Lipinski definition) is 1. The second-order valence-corrected chi connectivity index (χ2v) is 5.37. The van der Waals surface area contributed by atoms with Crippen molar-refractivity contribution in [2.45, 2.75) is 38.8 Å². The van der Waals surface area contributed by atoms with Crippen molar-refractivity contribution >= 4 is 0 Å². The maximum atomic E-state index is 3.45. The zero-order valence-corrected chi connectivity index (χ0v) is 11.5. The number of hydrogen-bond acceptors (Lipinski definition) is 2. The molecule has 2 rings (SSSR count). The third-order valence-corrected chi connectivity index (χ3v) is 3.79. The largest absolute Gasteiger partial charge is 0.312 e. The van der Waals surface area contributed by atoms with Gasteiger partial charge in [0.2, 0.25) is 0 Å². The van der Waals surface area contributed by atoms with Crippen LogP contribution in [-0.4, -0.2) is 31.6 Å². The molecule has 0 amide bonds. The molecule has 1 aromatic rings. The van der Waals surface area contributed by atoms with Gasteiger partial charge < -0.3 is 10.2 Å². The van der Waals surface area contributed by atoms with Crippen molar-refractivity contribution in [3.63, 3.8) is 0 Å². The van der Waals surface area contributed by atoms with Crippen molar-refractivity contribution in [2.24, 2.45) is 0 Å². The Labute approximate surface area is 105 Å². The number of likely N-dealkylation sites (N-methyl/N-ethyl adjacent to an activating group) is 2. The Hall–Kier alpha value is -0.860. The van der Waals surface area contributed by atoms with E-state index >= 15 is 0 Å². The summed E-state index contributed by atoms with van der Waals surface area (Å²) in [7, 11) is 4.30. The van der Waals surface area contributed by atoms with Gasteiger partial charge in [-0.1, -0.05) is 23.8 Å². The van der Waals surface area contributed by atoms with Crippen LogP contribution in [0.4, 0.5) is 0 Å². The lowest BCUT2D eigenvalue weighted by molar-refractivity contribution is 0.287. The molecule has 1 N–H and O–H groups in total. The molecule has 0 radical (unpaired) electrons. The molecule has 0 saturated heterocycles. The molecule has 1 atom stereocenters. The minimum atomic E-state index is 0.446. The van der Waals surface area contributed by atoms with Crippen molar-refractivity contribution in [2.75, 3.05) is 20.6 Å². The van der Waals surface area contributed by atoms with Crippen LogP contribution in [0.3, 0.4) is 0 Å². The molecule has 0 aliphatic heterocycles. The highest BCUT2D eigenvalue weighted by molar-refractivity contribution is 5.33. The number of nitrogens with zero attached hydrogens (tertiary/aromatic N) is 1. The minimum Gasteiger partial charge on any atom is -0.312 e. The Morgan fingerprint density at radius 2 is 2.06 bits per heavy atom. The number of nitrogens with one attached hydrogen (secondary N) is 1. The quantitative estimate of drug-likeness (QED) is 0.839. The maximum Gasteiger partial charge on any atom is 0.0449 e. The molecule has 94 valence electrons. The van der Waals surface area contributed by atoms with Crippen LogP contribution in [0.1, 0.15) is 35.6 Å². The highest BCUT2D eigenvalue weighted by Gasteiger charge is 2.27. The summed E-state index contributed by atoms with van der Waals surface area (Å²) in [6.45, 7) is 5.47. The Bertz CT molecular complexity index is 383. The molecule has 1 saturated carbocycles. The number of benzene rings is 1. The van der Waals surface area contributed by atoms with E-state index in [9.17, 15) is 0 Å². The second-order valence-electron chi connectivity index (χ2n) is 5.37. The van der Waals surface area contributed by atoms with Crippen molar-refractivity contribution < 1.29 is 0 Å².